The first-order valence-corrected chi connectivity index (χ1v) is 5.89. The maximum atomic E-state index is 13.9. The van der Waals surface area contributed by atoms with E-state index >= 15 is 0 Å². The fourth-order valence-electron chi connectivity index (χ4n) is 2.47. The van der Waals surface area contributed by atoms with Gasteiger partial charge in [0.15, 0.2) is 5.78 Å². The van der Waals surface area contributed by atoms with Gasteiger partial charge in [0.2, 0.25) is 0 Å². The summed E-state index contributed by atoms with van der Waals surface area (Å²) in [5, 5.41) is 0. The number of rotatable bonds is 3. The average Bonchev–Trinajstić information content (AvgIpc) is 2.51. The number of allylic oxidation sites excluding steroid dienone is 4. The van der Waals surface area contributed by atoms with E-state index in [2.05, 4.69) is 6.92 Å². The summed E-state index contributed by atoms with van der Waals surface area (Å²) in [6.45, 7) is 2.06. The number of hydrogen-bond donors (Lipinski definition) is 0. The molecule has 1 nitrogen and oxygen atoms in total. The van der Waals surface area contributed by atoms with Gasteiger partial charge in [0.25, 0.3) is 0 Å². The van der Waals surface area contributed by atoms with Crippen molar-refractivity contribution < 1.29 is 9.18 Å². The Morgan fingerprint density at radius 3 is 3.00 bits per heavy atom. The second kappa shape index (κ2) is 4.30. The average molecular weight is 208 g/mol. The molecule has 2 heteroatoms. The summed E-state index contributed by atoms with van der Waals surface area (Å²) in [7, 11) is 0. The van der Waals surface area contributed by atoms with Crippen molar-refractivity contribution in [3.63, 3.8) is 0 Å². The van der Waals surface area contributed by atoms with Gasteiger partial charge in [0.1, 0.15) is 5.83 Å². The van der Waals surface area contributed by atoms with Crippen LogP contribution in [0, 0.1) is 5.92 Å². The minimum Gasteiger partial charge on any atom is -0.289 e. The second-order valence-electron chi connectivity index (χ2n) is 4.40. The molecular weight excluding hydrogens is 191 g/mol. The molecule has 0 aliphatic heterocycles. The molecular formula is C13H17FO. The van der Waals surface area contributed by atoms with E-state index < -0.39 is 0 Å². The summed E-state index contributed by atoms with van der Waals surface area (Å²) in [6.07, 6.45) is 7.24. The number of halogens is 1. The molecule has 0 radical (unpaired) electrons. The largest absolute Gasteiger partial charge is 0.289 e. The third-order valence-corrected chi connectivity index (χ3v) is 3.35. The van der Waals surface area contributed by atoms with E-state index in [1.807, 2.05) is 6.08 Å². The van der Waals surface area contributed by atoms with Gasteiger partial charge in [0.05, 0.1) is 0 Å². The van der Waals surface area contributed by atoms with Crippen LogP contribution in [0.1, 0.15) is 45.4 Å². The quantitative estimate of drug-likeness (QED) is 0.691. The van der Waals surface area contributed by atoms with Gasteiger partial charge in [-0.05, 0) is 32.1 Å². The molecule has 15 heavy (non-hydrogen) atoms. The predicted molar refractivity (Wildman–Crippen MR) is 58.1 cm³/mol. The molecule has 0 aromatic heterocycles. The summed E-state index contributed by atoms with van der Waals surface area (Å²) < 4.78 is 13.9. The van der Waals surface area contributed by atoms with Crippen molar-refractivity contribution in [1.82, 2.24) is 0 Å². The molecule has 2 aliphatic rings. The zero-order chi connectivity index (χ0) is 10.8. The number of carbonyl (C=O) groups excluding carboxylic acids is 1. The van der Waals surface area contributed by atoms with Crippen molar-refractivity contribution in [3.8, 4) is 0 Å². The van der Waals surface area contributed by atoms with E-state index in [0.717, 1.165) is 37.7 Å². The minimum atomic E-state index is -0.182. The normalized spacial score (nSPS) is 25.6. The number of hydrogen-bond acceptors (Lipinski definition) is 1. The third-order valence-electron chi connectivity index (χ3n) is 3.35. The Kier molecular flexibility index (Phi) is 3.03. The van der Waals surface area contributed by atoms with Gasteiger partial charge in [-0.25, -0.2) is 4.39 Å². The van der Waals surface area contributed by atoms with Gasteiger partial charge in [0, 0.05) is 17.1 Å². The molecule has 0 N–H and O–H groups in total. The highest BCUT2D eigenvalue weighted by Gasteiger charge is 2.37. The van der Waals surface area contributed by atoms with Crippen molar-refractivity contribution in [2.75, 3.05) is 0 Å². The fraction of sp³-hybridized carbons (Fsp3) is 0.615. The van der Waals surface area contributed by atoms with E-state index in [9.17, 15) is 9.18 Å². The van der Waals surface area contributed by atoms with Crippen molar-refractivity contribution in [2.45, 2.75) is 45.4 Å². The molecule has 2 aliphatic carbocycles. The van der Waals surface area contributed by atoms with Crippen LogP contribution in [0.3, 0.4) is 0 Å². The molecule has 0 saturated heterocycles. The monoisotopic (exact) mass is 208 g/mol. The number of fused-ring (bicyclic) bond motifs is 1. The molecule has 0 aromatic rings. The highest BCUT2D eigenvalue weighted by Crippen LogP contribution is 2.42. The SMILES string of the molecule is CCCCC1=C(F)C2CCCC=C2C1=O. The molecule has 82 valence electrons. The van der Waals surface area contributed by atoms with Crippen LogP contribution in [0.15, 0.2) is 23.0 Å². The Hall–Kier alpha value is -0.920. The predicted octanol–water partition coefficient (Wildman–Crippen LogP) is 3.71. The van der Waals surface area contributed by atoms with Gasteiger partial charge >= 0.3 is 0 Å². The summed E-state index contributed by atoms with van der Waals surface area (Å²) in [4.78, 5) is 11.9. The highest BCUT2D eigenvalue weighted by atomic mass is 19.1. The third kappa shape index (κ3) is 1.77. The van der Waals surface area contributed by atoms with Gasteiger partial charge in [-0.2, -0.15) is 0 Å². The molecule has 0 aromatic carbocycles. The van der Waals surface area contributed by atoms with Crippen molar-refractivity contribution in [3.05, 3.63) is 23.0 Å². The molecule has 2 rings (SSSR count). The molecule has 0 amide bonds. The molecule has 1 atom stereocenters. The molecule has 0 heterocycles. The Labute approximate surface area is 90.1 Å². The lowest BCUT2D eigenvalue weighted by Crippen LogP contribution is -2.09. The van der Waals surface area contributed by atoms with Gasteiger partial charge < -0.3 is 0 Å². The maximum Gasteiger partial charge on any atom is 0.187 e. The molecule has 0 spiro atoms. The first-order chi connectivity index (χ1) is 7.25. The Bertz CT molecular complexity index is 338. The standard InChI is InChI=1S/C13H17FO/c1-2-3-6-11-12(14)9-7-4-5-8-10(9)13(11)15/h8-9H,2-7H2,1H3. The zero-order valence-electron chi connectivity index (χ0n) is 9.18. The van der Waals surface area contributed by atoms with E-state index in [-0.39, 0.29) is 17.5 Å². The Morgan fingerprint density at radius 1 is 1.53 bits per heavy atom. The number of unbranched alkanes of at least 4 members (excludes halogenated alkanes) is 1. The maximum absolute atomic E-state index is 13.9. The lowest BCUT2D eigenvalue weighted by Gasteiger charge is -2.15. The molecule has 0 fully saturated rings. The second-order valence-corrected chi connectivity index (χ2v) is 4.40. The van der Waals surface area contributed by atoms with E-state index in [0.29, 0.717) is 12.0 Å². The van der Waals surface area contributed by atoms with E-state index in [1.54, 1.807) is 0 Å². The number of ketones is 1. The summed E-state index contributed by atoms with van der Waals surface area (Å²) in [5.74, 6) is -0.317. The number of carbonyl (C=O) groups is 1. The van der Waals surface area contributed by atoms with Crippen molar-refractivity contribution in [2.24, 2.45) is 5.92 Å². The zero-order valence-corrected chi connectivity index (χ0v) is 9.18. The van der Waals surface area contributed by atoms with Gasteiger partial charge in [-0.3, -0.25) is 4.79 Å². The van der Waals surface area contributed by atoms with Crippen LogP contribution in [-0.4, -0.2) is 5.78 Å². The van der Waals surface area contributed by atoms with Crippen LogP contribution >= 0.6 is 0 Å². The van der Waals surface area contributed by atoms with Crippen LogP contribution in [0.25, 0.3) is 0 Å². The topological polar surface area (TPSA) is 17.1 Å². The van der Waals surface area contributed by atoms with Gasteiger partial charge in [-0.15, -0.1) is 0 Å². The minimum absolute atomic E-state index is 0.00866. The summed E-state index contributed by atoms with van der Waals surface area (Å²) in [5.41, 5.74) is 1.21. The van der Waals surface area contributed by atoms with Crippen LogP contribution in [0.4, 0.5) is 4.39 Å². The lowest BCUT2D eigenvalue weighted by atomic mass is 9.89. The van der Waals surface area contributed by atoms with Crippen molar-refractivity contribution in [1.29, 1.82) is 0 Å². The molecule has 0 bridgehead atoms. The first kappa shape index (κ1) is 10.6. The Balaban J connectivity index is 2.22. The summed E-state index contributed by atoms with van der Waals surface area (Å²) in [6, 6.07) is 0. The summed E-state index contributed by atoms with van der Waals surface area (Å²) >= 11 is 0. The van der Waals surface area contributed by atoms with Crippen LogP contribution in [0.5, 0.6) is 0 Å². The lowest BCUT2D eigenvalue weighted by molar-refractivity contribution is -0.112. The van der Waals surface area contributed by atoms with E-state index in [1.165, 1.54) is 0 Å². The van der Waals surface area contributed by atoms with E-state index in [4.69, 9.17) is 0 Å². The van der Waals surface area contributed by atoms with Crippen LogP contribution in [0.2, 0.25) is 0 Å². The van der Waals surface area contributed by atoms with Crippen LogP contribution in [-0.2, 0) is 4.79 Å². The van der Waals surface area contributed by atoms with Gasteiger partial charge in [-0.1, -0.05) is 19.4 Å². The van der Waals surface area contributed by atoms with Crippen molar-refractivity contribution >= 4 is 5.78 Å². The van der Waals surface area contributed by atoms with Crippen LogP contribution < -0.4 is 0 Å². The molecule has 0 saturated carbocycles. The Morgan fingerprint density at radius 2 is 2.33 bits per heavy atom. The fourth-order valence-corrected chi connectivity index (χ4v) is 2.47. The smallest absolute Gasteiger partial charge is 0.187 e. The first-order valence-electron chi connectivity index (χ1n) is 5.89. The molecule has 1 unspecified atom stereocenters. The highest BCUT2D eigenvalue weighted by molar-refractivity contribution is 6.12. The number of Topliss-reactive ketones (excluding diaryl/α,β-unsaturated/α-hetero) is 1.